The minimum absolute atomic E-state index is 0.0239. The number of hydrogen-bond donors (Lipinski definition) is 1. The van der Waals surface area contributed by atoms with Crippen LogP contribution in [-0.2, 0) is 9.59 Å². The first kappa shape index (κ1) is 17.6. The summed E-state index contributed by atoms with van der Waals surface area (Å²) in [6, 6.07) is 4.23. The average molecular weight is 308 g/mol. The molecule has 1 aromatic rings. The van der Waals surface area contributed by atoms with Crippen molar-refractivity contribution in [1.82, 2.24) is 9.80 Å². The Labute approximate surface area is 128 Å². The molecule has 0 fully saturated rings. The fraction of sp³-hybridized carbons (Fsp3) is 0.429. The molecule has 8 nitrogen and oxygen atoms in total. The molecule has 0 unspecified atom stereocenters. The second-order valence-electron chi connectivity index (χ2n) is 5.26. The fourth-order valence-corrected chi connectivity index (χ4v) is 1.76. The summed E-state index contributed by atoms with van der Waals surface area (Å²) < 4.78 is 0. The normalized spacial score (nSPS) is 10.4. The number of non-ortho nitro benzene ring substituents is 1. The van der Waals surface area contributed by atoms with Crippen LogP contribution in [0.3, 0.4) is 0 Å². The number of aryl methyl sites for hydroxylation is 1. The molecule has 0 heterocycles. The lowest BCUT2D eigenvalue weighted by Gasteiger charge is -2.18. The van der Waals surface area contributed by atoms with E-state index in [-0.39, 0.29) is 30.6 Å². The van der Waals surface area contributed by atoms with Crippen molar-refractivity contribution < 1.29 is 14.5 Å². The van der Waals surface area contributed by atoms with Crippen molar-refractivity contribution in [2.24, 2.45) is 0 Å². The SMILES string of the molecule is Cc1cc([N+](=O)[O-])ccc1NC(=O)CN(C)CC(=O)N(C)C. The monoisotopic (exact) mass is 308 g/mol. The largest absolute Gasteiger partial charge is 0.348 e. The van der Waals surface area contributed by atoms with E-state index in [1.165, 1.54) is 23.1 Å². The predicted molar refractivity (Wildman–Crippen MR) is 82.7 cm³/mol. The molecule has 1 rings (SSSR count). The number of carbonyl (C=O) groups is 2. The number of likely N-dealkylation sites (N-methyl/N-ethyl adjacent to an activating group) is 2. The van der Waals surface area contributed by atoms with Crippen LogP contribution in [0.1, 0.15) is 5.56 Å². The summed E-state index contributed by atoms with van der Waals surface area (Å²) >= 11 is 0. The molecule has 0 aromatic heterocycles. The lowest BCUT2D eigenvalue weighted by molar-refractivity contribution is -0.384. The summed E-state index contributed by atoms with van der Waals surface area (Å²) in [6.07, 6.45) is 0. The molecular weight excluding hydrogens is 288 g/mol. The van der Waals surface area contributed by atoms with Gasteiger partial charge in [-0.15, -0.1) is 0 Å². The zero-order valence-electron chi connectivity index (χ0n) is 13.1. The summed E-state index contributed by atoms with van der Waals surface area (Å²) in [7, 11) is 4.97. The number of nitro benzene ring substituents is 1. The van der Waals surface area contributed by atoms with E-state index in [4.69, 9.17) is 0 Å². The van der Waals surface area contributed by atoms with Crippen molar-refractivity contribution in [3.05, 3.63) is 33.9 Å². The summed E-state index contributed by atoms with van der Waals surface area (Å²) in [4.78, 5) is 36.7. The number of nitro groups is 1. The van der Waals surface area contributed by atoms with E-state index in [2.05, 4.69) is 5.32 Å². The third-order valence-electron chi connectivity index (χ3n) is 3.01. The standard InChI is InChI=1S/C14H20N4O4/c1-10-7-11(18(21)22)5-6-12(10)15-13(19)8-17(4)9-14(20)16(2)3/h5-7H,8-9H2,1-4H3,(H,15,19). The van der Waals surface area contributed by atoms with Gasteiger partial charge in [0.25, 0.3) is 5.69 Å². The number of hydrogen-bond acceptors (Lipinski definition) is 5. The van der Waals surface area contributed by atoms with E-state index in [0.29, 0.717) is 11.3 Å². The Bertz CT molecular complexity index is 586. The molecular formula is C14H20N4O4. The zero-order chi connectivity index (χ0) is 16.9. The van der Waals surface area contributed by atoms with Gasteiger partial charge < -0.3 is 10.2 Å². The summed E-state index contributed by atoms with van der Waals surface area (Å²) in [6.45, 7) is 1.87. The van der Waals surface area contributed by atoms with Gasteiger partial charge in [0.05, 0.1) is 18.0 Å². The third-order valence-corrected chi connectivity index (χ3v) is 3.01. The van der Waals surface area contributed by atoms with Crippen LogP contribution in [0, 0.1) is 17.0 Å². The van der Waals surface area contributed by atoms with Gasteiger partial charge in [-0.3, -0.25) is 24.6 Å². The number of amides is 2. The van der Waals surface area contributed by atoms with E-state index < -0.39 is 4.92 Å². The number of rotatable bonds is 6. The molecule has 22 heavy (non-hydrogen) atoms. The highest BCUT2D eigenvalue weighted by Gasteiger charge is 2.14. The third kappa shape index (κ3) is 5.13. The van der Waals surface area contributed by atoms with Crippen LogP contribution >= 0.6 is 0 Å². The Kier molecular flexibility index (Phi) is 6.00. The molecule has 0 radical (unpaired) electrons. The second kappa shape index (κ2) is 7.51. The van der Waals surface area contributed by atoms with Crippen molar-refractivity contribution >= 4 is 23.2 Å². The Morgan fingerprint density at radius 3 is 2.36 bits per heavy atom. The number of carbonyl (C=O) groups excluding carboxylic acids is 2. The molecule has 0 saturated heterocycles. The lowest BCUT2D eigenvalue weighted by atomic mass is 10.2. The van der Waals surface area contributed by atoms with Gasteiger partial charge in [0, 0.05) is 31.9 Å². The maximum atomic E-state index is 11.9. The van der Waals surface area contributed by atoms with E-state index in [9.17, 15) is 19.7 Å². The molecule has 1 aromatic carbocycles. The highest BCUT2D eigenvalue weighted by atomic mass is 16.6. The molecule has 0 saturated carbocycles. The van der Waals surface area contributed by atoms with Crippen LogP contribution in [0.2, 0.25) is 0 Å². The molecule has 120 valence electrons. The van der Waals surface area contributed by atoms with Gasteiger partial charge >= 0.3 is 0 Å². The number of nitrogens with one attached hydrogen (secondary N) is 1. The summed E-state index contributed by atoms with van der Waals surface area (Å²) in [5, 5.41) is 13.3. The summed E-state index contributed by atoms with van der Waals surface area (Å²) in [5.41, 5.74) is 1.10. The lowest BCUT2D eigenvalue weighted by Crippen LogP contribution is -2.38. The topological polar surface area (TPSA) is 95.8 Å². The quantitative estimate of drug-likeness (QED) is 0.621. The van der Waals surface area contributed by atoms with Gasteiger partial charge in [-0.25, -0.2) is 0 Å². The van der Waals surface area contributed by atoms with Gasteiger partial charge in [0.1, 0.15) is 0 Å². The van der Waals surface area contributed by atoms with Gasteiger partial charge in [0.2, 0.25) is 11.8 Å². The molecule has 0 aliphatic rings. The van der Waals surface area contributed by atoms with Crippen molar-refractivity contribution in [2.45, 2.75) is 6.92 Å². The van der Waals surface area contributed by atoms with Crippen molar-refractivity contribution in [3.8, 4) is 0 Å². The number of benzene rings is 1. The minimum atomic E-state index is -0.487. The second-order valence-corrected chi connectivity index (χ2v) is 5.26. The molecule has 0 aliphatic heterocycles. The van der Waals surface area contributed by atoms with Crippen LogP contribution in [-0.4, -0.2) is 60.8 Å². The molecule has 0 aliphatic carbocycles. The van der Waals surface area contributed by atoms with Crippen molar-refractivity contribution in [3.63, 3.8) is 0 Å². The van der Waals surface area contributed by atoms with E-state index in [1.807, 2.05) is 0 Å². The smallest absolute Gasteiger partial charge is 0.269 e. The maximum Gasteiger partial charge on any atom is 0.269 e. The minimum Gasteiger partial charge on any atom is -0.348 e. The van der Waals surface area contributed by atoms with Gasteiger partial charge in [-0.1, -0.05) is 0 Å². The Morgan fingerprint density at radius 1 is 1.23 bits per heavy atom. The molecule has 0 bridgehead atoms. The molecule has 0 atom stereocenters. The number of nitrogens with zero attached hydrogens (tertiary/aromatic N) is 3. The predicted octanol–water partition coefficient (Wildman–Crippen LogP) is 0.862. The van der Waals surface area contributed by atoms with Gasteiger partial charge in [-0.2, -0.15) is 0 Å². The van der Waals surface area contributed by atoms with Crippen LogP contribution in [0.25, 0.3) is 0 Å². The van der Waals surface area contributed by atoms with Crippen LogP contribution in [0.4, 0.5) is 11.4 Å². The van der Waals surface area contributed by atoms with Crippen molar-refractivity contribution in [1.29, 1.82) is 0 Å². The summed E-state index contributed by atoms with van der Waals surface area (Å²) in [5.74, 6) is -0.382. The Morgan fingerprint density at radius 2 is 1.86 bits per heavy atom. The molecule has 1 N–H and O–H groups in total. The van der Waals surface area contributed by atoms with Crippen molar-refractivity contribution in [2.75, 3.05) is 39.5 Å². The van der Waals surface area contributed by atoms with Gasteiger partial charge in [-0.05, 0) is 25.6 Å². The first-order valence-corrected chi connectivity index (χ1v) is 6.64. The molecule has 8 heteroatoms. The first-order valence-electron chi connectivity index (χ1n) is 6.64. The molecule has 2 amide bonds. The molecule has 0 spiro atoms. The van der Waals surface area contributed by atoms with Crippen LogP contribution in [0.5, 0.6) is 0 Å². The Balaban J connectivity index is 2.62. The van der Waals surface area contributed by atoms with Crippen LogP contribution in [0.15, 0.2) is 18.2 Å². The zero-order valence-corrected chi connectivity index (χ0v) is 13.1. The first-order chi connectivity index (χ1) is 10.2. The fourth-order valence-electron chi connectivity index (χ4n) is 1.76. The van der Waals surface area contributed by atoms with E-state index in [0.717, 1.165) is 0 Å². The van der Waals surface area contributed by atoms with E-state index in [1.54, 1.807) is 33.0 Å². The average Bonchev–Trinajstić information content (AvgIpc) is 2.40. The van der Waals surface area contributed by atoms with Gasteiger partial charge in [0.15, 0.2) is 0 Å². The maximum absolute atomic E-state index is 11.9. The highest BCUT2D eigenvalue weighted by molar-refractivity contribution is 5.93. The number of anilines is 1. The van der Waals surface area contributed by atoms with Crippen LogP contribution < -0.4 is 5.32 Å². The Hall–Kier alpha value is -2.48. The highest BCUT2D eigenvalue weighted by Crippen LogP contribution is 2.21. The van der Waals surface area contributed by atoms with E-state index >= 15 is 0 Å².